The molecule has 1 unspecified atom stereocenters. The summed E-state index contributed by atoms with van der Waals surface area (Å²) in [6.45, 7) is 3.31. The molecule has 0 bridgehead atoms. The first-order chi connectivity index (χ1) is 13.5. The Labute approximate surface area is 169 Å². The van der Waals surface area contributed by atoms with Gasteiger partial charge < -0.3 is 10.2 Å². The third-order valence-corrected chi connectivity index (χ3v) is 6.93. The minimum absolute atomic E-state index is 0.0489. The molecule has 0 saturated heterocycles. The third kappa shape index (κ3) is 4.26. The van der Waals surface area contributed by atoms with Crippen LogP contribution in [-0.4, -0.2) is 18.5 Å². The molecule has 28 heavy (non-hydrogen) atoms. The summed E-state index contributed by atoms with van der Waals surface area (Å²) in [4.78, 5) is 15.2. The minimum Gasteiger partial charge on any atom is -0.321 e. The Morgan fingerprint density at radius 2 is 2.07 bits per heavy atom. The number of nitrogens with one attached hydrogen (secondary N) is 2. The average Bonchev–Trinajstić information content (AvgIpc) is 3.45. The molecule has 0 spiro atoms. The van der Waals surface area contributed by atoms with E-state index in [-0.39, 0.29) is 11.7 Å². The van der Waals surface area contributed by atoms with Gasteiger partial charge in [-0.2, -0.15) is 5.26 Å². The summed E-state index contributed by atoms with van der Waals surface area (Å²) in [5.74, 6) is 0.341. The fourth-order valence-corrected chi connectivity index (χ4v) is 5.42. The summed E-state index contributed by atoms with van der Waals surface area (Å²) in [5, 5.41) is 13.3. The number of benzene rings is 1. The molecule has 4 rings (SSSR count). The zero-order valence-electron chi connectivity index (χ0n) is 16.1. The Bertz CT molecular complexity index is 911. The van der Waals surface area contributed by atoms with E-state index < -0.39 is 0 Å². The molecule has 1 amide bonds. The minimum atomic E-state index is -0.241. The topological polar surface area (TPSA) is 57.3 Å². The van der Waals surface area contributed by atoms with Crippen molar-refractivity contribution in [2.24, 2.45) is 5.92 Å². The molecule has 4 nitrogen and oxygen atoms in total. The molecule has 2 aliphatic carbocycles. The van der Waals surface area contributed by atoms with E-state index in [4.69, 9.17) is 0 Å². The fraction of sp³-hybridized carbons (Fsp3) is 0.455. The van der Waals surface area contributed by atoms with Crippen LogP contribution in [0.15, 0.2) is 24.3 Å². The number of nitrogens with zero attached hydrogens (tertiary/aromatic N) is 1. The van der Waals surface area contributed by atoms with Gasteiger partial charge in [0.1, 0.15) is 23.4 Å². The van der Waals surface area contributed by atoms with Crippen LogP contribution in [0.3, 0.4) is 0 Å². The maximum atomic E-state index is 13.1. The van der Waals surface area contributed by atoms with Gasteiger partial charge in [0, 0.05) is 23.3 Å². The van der Waals surface area contributed by atoms with Gasteiger partial charge in [-0.25, -0.2) is 4.39 Å². The second kappa shape index (κ2) is 8.02. The molecule has 1 saturated carbocycles. The number of anilines is 1. The van der Waals surface area contributed by atoms with E-state index in [0.29, 0.717) is 35.6 Å². The van der Waals surface area contributed by atoms with Crippen molar-refractivity contribution in [3.63, 3.8) is 0 Å². The zero-order valence-corrected chi connectivity index (χ0v) is 16.9. The summed E-state index contributed by atoms with van der Waals surface area (Å²) in [5.41, 5.74) is 2.83. The van der Waals surface area contributed by atoms with Crippen molar-refractivity contribution in [1.29, 1.82) is 5.26 Å². The highest BCUT2D eigenvalue weighted by atomic mass is 32.1. The number of hydrogen-bond donors (Lipinski definition) is 2. The number of carbonyl (C=O) groups excluding carboxylic acids is 1. The molecule has 2 N–H and O–H groups in total. The highest BCUT2D eigenvalue weighted by Crippen LogP contribution is 2.39. The molecule has 1 fully saturated rings. The molecule has 1 heterocycles. The largest absolute Gasteiger partial charge is 0.321 e. The van der Waals surface area contributed by atoms with E-state index in [1.165, 1.54) is 21.9 Å². The fourth-order valence-electron chi connectivity index (χ4n) is 4.04. The van der Waals surface area contributed by atoms with Gasteiger partial charge in [-0.1, -0.05) is 19.1 Å². The molecule has 1 aromatic carbocycles. The molecule has 6 heteroatoms. The summed E-state index contributed by atoms with van der Waals surface area (Å²) >= 11 is 1.57. The van der Waals surface area contributed by atoms with Gasteiger partial charge in [-0.05, 0) is 42.9 Å². The second-order valence-electron chi connectivity index (χ2n) is 8.13. The number of halogens is 1. The van der Waals surface area contributed by atoms with Crippen LogP contribution in [0.2, 0.25) is 0 Å². The Hall–Kier alpha value is -2.23. The van der Waals surface area contributed by atoms with Crippen molar-refractivity contribution in [1.82, 2.24) is 0 Å². The standard InChI is InChI=1S/C22H24FN3OS/c1-14-2-9-18-19(11-24)22(28-20(18)10-14)25-21(27)13-26(17-7-8-17)12-15-3-5-16(23)6-4-15/h3-6,14,17H,2,7-10,12-13H2,1H3,(H,25,27)/p+1/t14-/m0/s1. The van der Waals surface area contributed by atoms with E-state index in [1.807, 2.05) is 0 Å². The molecule has 1 aromatic heterocycles. The second-order valence-corrected chi connectivity index (χ2v) is 9.23. The lowest BCUT2D eigenvalue weighted by Crippen LogP contribution is -3.13. The molecule has 2 aliphatic rings. The van der Waals surface area contributed by atoms with Gasteiger partial charge in [0.15, 0.2) is 6.54 Å². The normalized spacial score (nSPS) is 19.5. The van der Waals surface area contributed by atoms with Gasteiger partial charge in [-0.15, -0.1) is 11.3 Å². The number of rotatable bonds is 6. The van der Waals surface area contributed by atoms with Crippen LogP contribution in [-0.2, 0) is 24.2 Å². The Morgan fingerprint density at radius 3 is 2.75 bits per heavy atom. The summed E-state index contributed by atoms with van der Waals surface area (Å²) in [6.07, 6.45) is 5.27. The highest BCUT2D eigenvalue weighted by molar-refractivity contribution is 7.16. The van der Waals surface area contributed by atoms with E-state index in [9.17, 15) is 14.4 Å². The number of nitriles is 1. The van der Waals surface area contributed by atoms with Crippen LogP contribution in [0.5, 0.6) is 0 Å². The number of amides is 1. The van der Waals surface area contributed by atoms with Crippen LogP contribution in [0.4, 0.5) is 9.39 Å². The van der Waals surface area contributed by atoms with Gasteiger partial charge in [0.2, 0.25) is 0 Å². The number of quaternary nitrogens is 1. The van der Waals surface area contributed by atoms with E-state index >= 15 is 0 Å². The van der Waals surface area contributed by atoms with Crippen LogP contribution < -0.4 is 10.2 Å². The van der Waals surface area contributed by atoms with Crippen molar-refractivity contribution in [3.05, 3.63) is 51.7 Å². The van der Waals surface area contributed by atoms with Crippen molar-refractivity contribution in [2.75, 3.05) is 11.9 Å². The summed E-state index contributed by atoms with van der Waals surface area (Å²) in [6, 6.07) is 9.32. The highest BCUT2D eigenvalue weighted by Gasteiger charge is 2.35. The number of hydrogen-bond acceptors (Lipinski definition) is 3. The monoisotopic (exact) mass is 398 g/mol. The lowest BCUT2D eigenvalue weighted by molar-refractivity contribution is -0.916. The summed E-state index contributed by atoms with van der Waals surface area (Å²) in [7, 11) is 0. The Morgan fingerprint density at radius 1 is 1.32 bits per heavy atom. The molecule has 146 valence electrons. The number of thiophene rings is 1. The maximum Gasteiger partial charge on any atom is 0.280 e. The van der Waals surface area contributed by atoms with Gasteiger partial charge in [-0.3, -0.25) is 4.79 Å². The van der Waals surface area contributed by atoms with Crippen molar-refractivity contribution < 1.29 is 14.1 Å². The number of carbonyl (C=O) groups is 1. The quantitative estimate of drug-likeness (QED) is 0.786. The molecule has 2 atom stereocenters. The smallest absolute Gasteiger partial charge is 0.280 e. The van der Waals surface area contributed by atoms with Crippen LogP contribution in [0.1, 0.15) is 47.8 Å². The summed E-state index contributed by atoms with van der Waals surface area (Å²) < 4.78 is 13.1. The Kier molecular flexibility index (Phi) is 5.47. The lowest BCUT2D eigenvalue weighted by Gasteiger charge is -2.18. The van der Waals surface area contributed by atoms with Gasteiger partial charge in [0.05, 0.1) is 11.6 Å². The maximum absolute atomic E-state index is 13.1. The van der Waals surface area contributed by atoms with Gasteiger partial charge in [0.25, 0.3) is 5.91 Å². The zero-order chi connectivity index (χ0) is 19.7. The lowest BCUT2D eigenvalue weighted by atomic mass is 9.89. The molecule has 0 aliphatic heterocycles. The first-order valence-electron chi connectivity index (χ1n) is 9.97. The van der Waals surface area contributed by atoms with E-state index in [1.54, 1.807) is 23.5 Å². The average molecular weight is 399 g/mol. The van der Waals surface area contributed by atoms with Crippen molar-refractivity contribution in [2.45, 2.75) is 51.6 Å². The Balaban J connectivity index is 1.44. The van der Waals surface area contributed by atoms with E-state index in [2.05, 4.69) is 18.3 Å². The molecular formula is C22H25FN3OS+. The molecule has 2 aromatic rings. The predicted octanol–water partition coefficient (Wildman–Crippen LogP) is 3.07. The van der Waals surface area contributed by atoms with Crippen LogP contribution in [0, 0.1) is 23.1 Å². The van der Waals surface area contributed by atoms with Crippen LogP contribution >= 0.6 is 11.3 Å². The molecule has 0 radical (unpaired) electrons. The SMILES string of the molecule is C[C@H]1CCc2c(sc(NC(=O)C[NH+](Cc3ccc(F)cc3)C3CC3)c2C#N)C1. The number of fused-ring (bicyclic) bond motifs is 1. The van der Waals surface area contributed by atoms with Crippen molar-refractivity contribution >= 4 is 22.2 Å². The van der Waals surface area contributed by atoms with E-state index in [0.717, 1.165) is 43.2 Å². The van der Waals surface area contributed by atoms with Gasteiger partial charge >= 0.3 is 0 Å². The molecular weight excluding hydrogens is 373 g/mol. The first-order valence-corrected chi connectivity index (χ1v) is 10.8. The first kappa shape index (κ1) is 19.1. The third-order valence-electron chi connectivity index (χ3n) is 5.76. The predicted molar refractivity (Wildman–Crippen MR) is 108 cm³/mol. The van der Waals surface area contributed by atoms with Crippen molar-refractivity contribution in [3.8, 4) is 6.07 Å². The van der Waals surface area contributed by atoms with Crippen LogP contribution in [0.25, 0.3) is 0 Å².